The number of fused-ring (bicyclic) bond motifs is 2. The summed E-state index contributed by atoms with van der Waals surface area (Å²) in [5, 5.41) is 102. The number of hydrogen-bond donors (Lipinski definition) is 30. The lowest BCUT2D eigenvalue weighted by Crippen LogP contribution is -2.62. The molecule has 17 amide bonds. The maximum absolute atomic E-state index is 15.3. The molecule has 0 unspecified atom stereocenters. The van der Waals surface area contributed by atoms with Gasteiger partial charge in [-0.15, -0.1) is 0 Å². The number of phenols is 1. The van der Waals surface area contributed by atoms with Crippen molar-refractivity contribution in [2.24, 2.45) is 11.5 Å². The number of benzene rings is 4. The lowest BCUT2D eigenvalue weighted by molar-refractivity contribution is -0.141. The molecule has 0 aliphatic heterocycles. The Morgan fingerprint density at radius 2 is 0.771 bits per heavy atom. The number of aliphatic carboxylic acids is 2. The fourth-order valence-corrected chi connectivity index (χ4v) is 14.9. The number of para-hydroxylation sites is 2. The molecule has 4 heterocycles. The van der Waals surface area contributed by atoms with Gasteiger partial charge in [0.15, 0.2) is 0 Å². The third-order valence-corrected chi connectivity index (χ3v) is 22.5. The molecule has 0 bridgehead atoms. The third-order valence-electron chi connectivity index (χ3n) is 21.8. The van der Waals surface area contributed by atoms with Gasteiger partial charge in [0.05, 0.1) is 51.5 Å². The van der Waals surface area contributed by atoms with E-state index in [4.69, 9.17) is 11.5 Å². The summed E-state index contributed by atoms with van der Waals surface area (Å²) in [6.07, 6.45) is 2.12. The van der Waals surface area contributed by atoms with Gasteiger partial charge in [-0.1, -0.05) is 78.9 Å². The van der Waals surface area contributed by atoms with E-state index in [0.717, 1.165) is 6.92 Å². The van der Waals surface area contributed by atoms with Crippen LogP contribution in [0.2, 0.25) is 0 Å². The van der Waals surface area contributed by atoms with Crippen LogP contribution >= 0.6 is 25.3 Å². The summed E-state index contributed by atoms with van der Waals surface area (Å²) in [6, 6.07) is 2.58. The maximum atomic E-state index is 15.3. The molecular weight excluding hydrogens is 1870 g/mol. The number of H-pyrrole nitrogens is 4. The van der Waals surface area contributed by atoms with Gasteiger partial charge in [-0.05, 0) is 85.7 Å². The zero-order chi connectivity index (χ0) is 102. The molecule has 0 saturated carbocycles. The molecule has 0 saturated heterocycles. The van der Waals surface area contributed by atoms with E-state index in [9.17, 15) is 107 Å². The van der Waals surface area contributed by atoms with E-state index < -0.39 is 273 Å². The Balaban J connectivity index is 0.993. The van der Waals surface area contributed by atoms with Gasteiger partial charge in [-0.2, -0.15) is 25.3 Å². The van der Waals surface area contributed by atoms with Crippen molar-refractivity contribution in [2.45, 2.75) is 182 Å². The SMILES string of the molecule is CC(=O)NCC(=O)N[C@@H](CC(=O)O)C(=O)N[C@@H](Cc1cnc[nH]1)C(=O)N[C@@H](CCCCN)C(=O)N[C@@H](CS)C(=O)N[C@@H](CO)C(=O)N[C@@H](CO)C(=O)N[C@@H](Cc1c[nH]c2ccccc12)C(=O)N[C@@H](CCC(=O)O)C(=O)N[C@@H](CS)C(=O)N[C@@H](Cc1ccc(O)cc1)C(=O)N[C@@H](Cc1c[nH]c2ccccc12)C(=O)N[C@@H](Cc1cnc[nH]1)C(=O)N[C@H](C(=O)N[C@@H](Cc1ccccc1)C(=O)NCC(N)=O)[C@@H](C)O. The first-order valence-corrected chi connectivity index (χ1v) is 45.3. The van der Waals surface area contributed by atoms with Crippen molar-refractivity contribution in [3.8, 4) is 5.75 Å². The van der Waals surface area contributed by atoms with E-state index in [1.165, 1.54) is 62.4 Å². The molecule has 4 aromatic carbocycles. The fourth-order valence-electron chi connectivity index (χ4n) is 14.4. The highest BCUT2D eigenvalue weighted by Crippen LogP contribution is 2.23. The van der Waals surface area contributed by atoms with Crippen molar-refractivity contribution in [1.29, 1.82) is 0 Å². The maximum Gasteiger partial charge on any atom is 0.305 e. The first kappa shape index (κ1) is 110. The predicted molar refractivity (Wildman–Crippen MR) is 504 cm³/mol. The smallest absolute Gasteiger partial charge is 0.305 e. The van der Waals surface area contributed by atoms with E-state index >= 15 is 14.4 Å². The predicted octanol–water partition coefficient (Wildman–Crippen LogP) is -7.22. The standard InChI is InChI=1S/C89H114N24O25S2/c1-45(116)75(89(138)108-60(76(125)97-37-71(91)119)26-47-12-4-3-5-13-47)113-84(133)65(31-52-36-93-44-99-52)107-81(130)63(29-50-34-96-57-17-9-7-15-55(50)57)104-79(128)61(27-48-19-21-53(118)22-20-48)103-87(136)69(41-139)112-78(127)59(23-24-73(121)122)102-80(129)62(28-49-33-95-56-16-8-6-14-54(49)56)105-85(134)67(39-114)109-86(135)68(40-115)110-88(137)70(42-140)111-77(126)58(18-10-11-25-90)101-82(131)64(30-51-35-92-43-98-51)106-83(132)66(32-74(123)124)100-72(120)38-94-46(2)117/h3-9,12-17,19-22,33-36,43-45,58-70,75,95-96,114-116,118,139-140H,10-11,18,23-32,37-42,90H2,1-2H3,(H2,91,119)(H,92,98)(H,93,99)(H,94,117)(H,97,125)(H,100,120)(H,101,131)(H,102,129)(H,103,136)(H,104,128)(H,105,134)(H,106,132)(H,107,130)(H,108,138)(H,109,135)(H,110,137)(H,111,126)(H,112,127)(H,113,133)(H,121,122)(H,123,124)/t45-,58+,59+,60+,61+,62+,63+,64+,65+,66+,67+,68+,69+,70+,75+/m1/s1. The normalized spacial score (nSPS) is 14.3. The largest absolute Gasteiger partial charge is 0.508 e. The Morgan fingerprint density at radius 1 is 0.393 bits per heavy atom. The second-order valence-corrected chi connectivity index (χ2v) is 33.2. The minimum atomic E-state index is -2.05. The summed E-state index contributed by atoms with van der Waals surface area (Å²) in [7, 11) is 0. The highest BCUT2D eigenvalue weighted by molar-refractivity contribution is 7.80. The highest BCUT2D eigenvalue weighted by Gasteiger charge is 2.40. The molecule has 4 aromatic heterocycles. The number of imidazole rings is 2. The Bertz CT molecular complexity index is 5630. The number of nitrogens with one attached hydrogen (secondary N) is 20. The van der Waals surface area contributed by atoms with Gasteiger partial charge >= 0.3 is 11.9 Å². The van der Waals surface area contributed by atoms with Gasteiger partial charge in [0.2, 0.25) is 100 Å². The number of aromatic amines is 4. The molecule has 0 spiro atoms. The molecule has 0 fully saturated rings. The molecule has 15 atom stereocenters. The van der Waals surface area contributed by atoms with Gasteiger partial charge < -0.3 is 147 Å². The van der Waals surface area contributed by atoms with Crippen LogP contribution in [-0.2, 0) is 130 Å². The number of unbranched alkanes of at least 4 members (excludes halogenated alkanes) is 1. The van der Waals surface area contributed by atoms with Gasteiger partial charge in [-0.25, -0.2) is 9.97 Å². The lowest BCUT2D eigenvalue weighted by atomic mass is 10.0. The van der Waals surface area contributed by atoms with Crippen LogP contribution in [0.1, 0.15) is 86.0 Å². The van der Waals surface area contributed by atoms with Crippen LogP contribution in [0.25, 0.3) is 21.8 Å². The summed E-state index contributed by atoms with van der Waals surface area (Å²) in [5.74, 6) is -22.8. The number of nitrogens with two attached hydrogens (primary N) is 2. The van der Waals surface area contributed by atoms with Crippen LogP contribution in [-0.4, -0.2) is 308 Å². The number of aliphatic hydroxyl groups is 3. The van der Waals surface area contributed by atoms with Gasteiger partial charge in [0.1, 0.15) is 90.3 Å². The van der Waals surface area contributed by atoms with Gasteiger partial charge in [0, 0.05) is 121 Å². The van der Waals surface area contributed by atoms with Crippen molar-refractivity contribution in [3.05, 3.63) is 174 Å². The topological polar surface area (TPSA) is 779 Å². The molecule has 30 N–H and O–H groups in total. The fraction of sp³-hybridized carbons (Fsp3) is 0.404. The minimum absolute atomic E-state index is 0.117. The summed E-state index contributed by atoms with van der Waals surface area (Å²) < 4.78 is 0. The number of thiol groups is 2. The van der Waals surface area contributed by atoms with E-state index in [1.54, 1.807) is 85.1 Å². The molecule has 0 aliphatic carbocycles. The minimum Gasteiger partial charge on any atom is -0.508 e. The van der Waals surface area contributed by atoms with Crippen LogP contribution in [0.5, 0.6) is 5.75 Å². The lowest BCUT2D eigenvalue weighted by Gasteiger charge is -2.28. The van der Waals surface area contributed by atoms with Crippen LogP contribution < -0.4 is 96.5 Å². The Morgan fingerprint density at radius 3 is 1.19 bits per heavy atom. The number of phenolic OH excluding ortho intramolecular Hbond substituents is 1. The second-order valence-electron chi connectivity index (χ2n) is 32.5. The van der Waals surface area contributed by atoms with Crippen molar-refractivity contribution < 1.29 is 122 Å². The van der Waals surface area contributed by atoms with Crippen molar-refractivity contribution in [3.63, 3.8) is 0 Å². The first-order valence-electron chi connectivity index (χ1n) is 44.0. The molecule has 140 heavy (non-hydrogen) atoms. The van der Waals surface area contributed by atoms with Gasteiger partial charge in [-0.3, -0.25) is 91.1 Å². The van der Waals surface area contributed by atoms with E-state index in [-0.39, 0.29) is 67.8 Å². The van der Waals surface area contributed by atoms with Crippen LogP contribution in [0.15, 0.2) is 141 Å². The average Bonchev–Trinajstić information content (AvgIpc) is 1.73. The summed E-state index contributed by atoms with van der Waals surface area (Å²) in [5.41, 5.74) is 14.3. The monoisotopic (exact) mass is 1980 g/mol. The van der Waals surface area contributed by atoms with Crippen molar-refractivity contribution in [2.75, 3.05) is 44.4 Å². The van der Waals surface area contributed by atoms with Gasteiger partial charge in [0.25, 0.3) is 0 Å². The van der Waals surface area contributed by atoms with Crippen molar-refractivity contribution in [1.82, 2.24) is 115 Å². The zero-order valence-electron chi connectivity index (χ0n) is 75.8. The first-order chi connectivity index (χ1) is 66.9. The van der Waals surface area contributed by atoms with E-state index in [0.29, 0.717) is 44.9 Å². The summed E-state index contributed by atoms with van der Waals surface area (Å²) >= 11 is 8.57. The zero-order valence-corrected chi connectivity index (χ0v) is 77.5. The Hall–Kier alpha value is -15.4. The second kappa shape index (κ2) is 55.2. The number of nitrogens with zero attached hydrogens (tertiary/aromatic N) is 2. The molecule has 0 radical (unpaired) electrons. The molecule has 8 aromatic rings. The molecule has 752 valence electrons. The summed E-state index contributed by atoms with van der Waals surface area (Å²) in [6.45, 7) is -1.34. The van der Waals surface area contributed by atoms with Crippen molar-refractivity contribution >= 4 is 159 Å². The summed E-state index contributed by atoms with van der Waals surface area (Å²) in [4.78, 5) is 282. The number of rotatable bonds is 58. The highest BCUT2D eigenvalue weighted by atomic mass is 32.1. The quantitative estimate of drug-likeness (QED) is 0.0124. The molecular formula is C89H114N24O25S2. The van der Waals surface area contributed by atoms with E-state index in [2.05, 4.69) is 140 Å². The molecule has 8 rings (SSSR count). The number of carboxylic acids is 2. The Kier molecular flexibility index (Phi) is 43.3. The number of amides is 17. The number of carbonyl (C=O) groups is 19. The average molecular weight is 1980 g/mol. The van der Waals surface area contributed by atoms with E-state index in [1.807, 2.05) is 0 Å². The number of carboxylic acid groups (broad SMARTS) is 2. The number of aliphatic hydroxyl groups excluding tert-OH is 3. The number of aromatic nitrogens is 6. The number of primary amides is 1. The molecule has 0 aliphatic rings. The molecule has 49 nitrogen and oxygen atoms in total. The van der Waals surface area contributed by atoms with Crippen LogP contribution in [0, 0.1) is 0 Å². The van der Waals surface area contributed by atoms with Crippen LogP contribution in [0.4, 0.5) is 0 Å². The Labute approximate surface area is 809 Å². The molecule has 51 heteroatoms. The number of aromatic hydroxyl groups is 1. The third kappa shape index (κ3) is 34.7. The van der Waals surface area contributed by atoms with Crippen LogP contribution in [0.3, 0.4) is 0 Å². The number of carbonyl (C=O) groups excluding carboxylic acids is 17. The number of hydrogen-bond acceptors (Lipinski definition) is 28.